The fourth-order valence-electron chi connectivity index (χ4n) is 5.55. The molecule has 1 aliphatic carbocycles. The van der Waals surface area contributed by atoms with Gasteiger partial charge in [0.1, 0.15) is 22.7 Å². The fourth-order valence-corrected chi connectivity index (χ4v) is 6.92. The molecule has 32 heavy (non-hydrogen) atoms. The fraction of sp³-hybridized carbons (Fsp3) is 0.667. The molecular formula is C24H32N6OS. The van der Waals surface area contributed by atoms with E-state index in [1.807, 2.05) is 0 Å². The summed E-state index contributed by atoms with van der Waals surface area (Å²) in [6, 6.07) is 2.35. The molecule has 8 heteroatoms. The van der Waals surface area contributed by atoms with Gasteiger partial charge in [0, 0.05) is 30.3 Å². The number of piperidine rings is 1. The van der Waals surface area contributed by atoms with E-state index in [0.717, 1.165) is 80.4 Å². The number of anilines is 1. The monoisotopic (exact) mass is 452 g/mol. The number of fused-ring (bicyclic) bond motifs is 2. The lowest BCUT2D eigenvalue weighted by Gasteiger charge is -2.31. The van der Waals surface area contributed by atoms with Crippen molar-refractivity contribution < 1.29 is 4.79 Å². The molecule has 5 rings (SSSR count). The summed E-state index contributed by atoms with van der Waals surface area (Å²) in [5.74, 6) is 3.20. The Kier molecular flexibility index (Phi) is 6.29. The van der Waals surface area contributed by atoms with Gasteiger partial charge in [-0.05, 0) is 63.0 Å². The number of carbonyl (C=O) groups excluding carboxylic acids is 1. The van der Waals surface area contributed by atoms with E-state index >= 15 is 0 Å². The van der Waals surface area contributed by atoms with E-state index in [4.69, 9.17) is 0 Å². The molecule has 2 atom stereocenters. The summed E-state index contributed by atoms with van der Waals surface area (Å²) in [5.41, 5.74) is 1.85. The second kappa shape index (κ2) is 9.32. The third kappa shape index (κ3) is 4.33. The maximum atomic E-state index is 12.9. The van der Waals surface area contributed by atoms with Gasteiger partial charge in [0.2, 0.25) is 5.91 Å². The van der Waals surface area contributed by atoms with Crippen LogP contribution in [0.3, 0.4) is 0 Å². The van der Waals surface area contributed by atoms with Crippen molar-refractivity contribution in [3.05, 3.63) is 27.7 Å². The molecule has 1 saturated heterocycles. The molecular weight excluding hydrogens is 420 g/mol. The molecule has 0 aromatic carbocycles. The second-order valence-corrected chi connectivity index (χ2v) is 10.8. The van der Waals surface area contributed by atoms with Crippen molar-refractivity contribution in [3.63, 3.8) is 0 Å². The molecule has 0 unspecified atom stereocenters. The molecule has 0 bridgehead atoms. The minimum Gasteiger partial charge on any atom is -0.315 e. The molecule has 2 aromatic heterocycles. The zero-order valence-corrected chi connectivity index (χ0v) is 19.7. The average molecular weight is 453 g/mol. The zero-order chi connectivity index (χ0) is 22.1. The van der Waals surface area contributed by atoms with Gasteiger partial charge >= 0.3 is 0 Å². The molecule has 4 heterocycles. The number of aryl methyl sites for hydroxylation is 1. The van der Waals surface area contributed by atoms with Crippen LogP contribution in [0.4, 0.5) is 5.00 Å². The first-order valence-electron chi connectivity index (χ1n) is 12.1. The van der Waals surface area contributed by atoms with Crippen molar-refractivity contribution in [1.29, 1.82) is 5.26 Å². The van der Waals surface area contributed by atoms with Crippen LogP contribution in [0.2, 0.25) is 0 Å². The zero-order valence-electron chi connectivity index (χ0n) is 18.9. The lowest BCUT2D eigenvalue weighted by atomic mass is 9.89. The molecule has 1 fully saturated rings. The van der Waals surface area contributed by atoms with Crippen molar-refractivity contribution >= 4 is 22.2 Å². The Labute approximate surface area is 193 Å². The number of hydrogen-bond acceptors (Lipinski definition) is 6. The highest BCUT2D eigenvalue weighted by Gasteiger charge is 2.29. The summed E-state index contributed by atoms with van der Waals surface area (Å²) >= 11 is 1.60. The van der Waals surface area contributed by atoms with Gasteiger partial charge in [0.05, 0.1) is 12.1 Å². The van der Waals surface area contributed by atoms with E-state index in [2.05, 4.69) is 38.0 Å². The summed E-state index contributed by atoms with van der Waals surface area (Å²) in [6.45, 7) is 5.41. The number of likely N-dealkylation sites (tertiary alicyclic amines) is 1. The van der Waals surface area contributed by atoms with E-state index in [0.29, 0.717) is 23.9 Å². The van der Waals surface area contributed by atoms with Gasteiger partial charge < -0.3 is 9.88 Å². The second-order valence-electron chi connectivity index (χ2n) is 9.73. The van der Waals surface area contributed by atoms with Gasteiger partial charge in [-0.1, -0.05) is 13.3 Å². The Balaban J connectivity index is 1.24. The van der Waals surface area contributed by atoms with E-state index in [1.165, 1.54) is 24.1 Å². The Bertz CT molecular complexity index is 1030. The highest BCUT2D eigenvalue weighted by molar-refractivity contribution is 7.16. The van der Waals surface area contributed by atoms with Crippen molar-refractivity contribution in [2.75, 3.05) is 25.0 Å². The first-order valence-corrected chi connectivity index (χ1v) is 12.9. The van der Waals surface area contributed by atoms with E-state index in [9.17, 15) is 10.1 Å². The molecule has 1 N–H and O–H groups in total. The molecule has 0 spiro atoms. The van der Waals surface area contributed by atoms with Gasteiger partial charge in [-0.25, -0.2) is 0 Å². The molecule has 0 saturated carbocycles. The van der Waals surface area contributed by atoms with Crippen LogP contribution in [0.15, 0.2) is 0 Å². The molecule has 2 aliphatic heterocycles. The minimum atomic E-state index is -0.0196. The van der Waals surface area contributed by atoms with Gasteiger partial charge in [0.15, 0.2) is 0 Å². The Morgan fingerprint density at radius 3 is 2.97 bits per heavy atom. The highest BCUT2D eigenvalue weighted by atomic mass is 32.1. The van der Waals surface area contributed by atoms with Crippen LogP contribution < -0.4 is 5.32 Å². The first kappa shape index (κ1) is 21.6. The predicted octanol–water partition coefficient (Wildman–Crippen LogP) is 3.88. The molecule has 2 aromatic rings. The van der Waals surface area contributed by atoms with Crippen LogP contribution in [0, 0.1) is 17.2 Å². The summed E-state index contributed by atoms with van der Waals surface area (Å²) in [5, 5.41) is 22.6. The van der Waals surface area contributed by atoms with Crippen LogP contribution >= 0.6 is 11.3 Å². The largest absolute Gasteiger partial charge is 0.315 e. The molecule has 3 aliphatic rings. The van der Waals surface area contributed by atoms with Gasteiger partial charge in [-0.2, -0.15) is 5.26 Å². The smallest absolute Gasteiger partial charge is 0.239 e. The average Bonchev–Trinajstić information content (AvgIpc) is 3.25. The highest BCUT2D eigenvalue weighted by Crippen LogP contribution is 2.39. The van der Waals surface area contributed by atoms with Crippen molar-refractivity contribution in [2.24, 2.45) is 5.92 Å². The molecule has 7 nitrogen and oxygen atoms in total. The third-order valence-electron chi connectivity index (χ3n) is 7.25. The summed E-state index contributed by atoms with van der Waals surface area (Å²) in [7, 11) is 0. The summed E-state index contributed by atoms with van der Waals surface area (Å²) in [4.78, 5) is 16.4. The van der Waals surface area contributed by atoms with Crippen LogP contribution in [-0.4, -0.2) is 45.2 Å². The van der Waals surface area contributed by atoms with E-state index in [-0.39, 0.29) is 5.91 Å². The summed E-state index contributed by atoms with van der Waals surface area (Å²) in [6.07, 6.45) is 9.93. The van der Waals surface area contributed by atoms with Crippen LogP contribution in [0.1, 0.15) is 79.0 Å². The number of nitrogens with one attached hydrogen (secondary N) is 1. The maximum Gasteiger partial charge on any atom is 0.239 e. The standard InChI is InChI=1S/C24H32N6OS/c1-16-8-9-18-19(13-25)24(32-20(18)12-16)26-22(31)15-29-10-5-6-17(14-29)23-28-27-21-7-3-2-4-11-30(21)23/h16-17H,2-12,14-15H2,1H3,(H,26,31)/t16-,17+/m1/s1. The Hall–Kier alpha value is -2.24. The number of nitrogens with zero attached hydrogens (tertiary/aromatic N) is 5. The van der Waals surface area contributed by atoms with E-state index < -0.39 is 0 Å². The number of nitriles is 1. The third-order valence-corrected chi connectivity index (χ3v) is 8.42. The van der Waals surface area contributed by atoms with Crippen molar-refractivity contribution in [3.8, 4) is 6.07 Å². The summed E-state index contributed by atoms with van der Waals surface area (Å²) < 4.78 is 2.34. The number of rotatable bonds is 4. The Morgan fingerprint density at radius 2 is 2.09 bits per heavy atom. The quantitative estimate of drug-likeness (QED) is 0.761. The number of amides is 1. The van der Waals surface area contributed by atoms with Crippen LogP contribution in [0.25, 0.3) is 0 Å². The topological polar surface area (TPSA) is 86.8 Å². The molecule has 170 valence electrons. The molecule has 0 radical (unpaired) electrons. The van der Waals surface area contributed by atoms with Crippen LogP contribution in [-0.2, 0) is 30.6 Å². The normalized spacial score (nSPS) is 23.6. The number of aromatic nitrogens is 3. The van der Waals surface area contributed by atoms with Gasteiger partial charge in [-0.3, -0.25) is 9.69 Å². The number of thiophene rings is 1. The van der Waals surface area contributed by atoms with Gasteiger partial charge in [-0.15, -0.1) is 21.5 Å². The lowest BCUT2D eigenvalue weighted by molar-refractivity contribution is -0.117. The van der Waals surface area contributed by atoms with Crippen molar-refractivity contribution in [2.45, 2.75) is 77.2 Å². The number of hydrogen-bond donors (Lipinski definition) is 1. The SMILES string of the molecule is C[C@@H]1CCc2c(sc(NC(=O)CN3CCC[C@H](c4nnc5n4CCCCC5)C3)c2C#N)C1. The van der Waals surface area contributed by atoms with E-state index in [1.54, 1.807) is 11.3 Å². The predicted molar refractivity (Wildman–Crippen MR) is 125 cm³/mol. The van der Waals surface area contributed by atoms with Gasteiger partial charge in [0.25, 0.3) is 0 Å². The maximum absolute atomic E-state index is 12.9. The van der Waals surface area contributed by atoms with Crippen molar-refractivity contribution in [1.82, 2.24) is 19.7 Å². The first-order chi connectivity index (χ1) is 15.6. The lowest BCUT2D eigenvalue weighted by Crippen LogP contribution is -2.40. The minimum absolute atomic E-state index is 0.0196. The van der Waals surface area contributed by atoms with Crippen LogP contribution in [0.5, 0.6) is 0 Å². The molecule has 1 amide bonds. The Morgan fingerprint density at radius 1 is 1.19 bits per heavy atom. The number of carbonyl (C=O) groups is 1.